The van der Waals surface area contributed by atoms with Gasteiger partial charge in [-0.05, 0) is 42.2 Å². The fourth-order valence-electron chi connectivity index (χ4n) is 3.94. The second kappa shape index (κ2) is 8.79. The van der Waals surface area contributed by atoms with Crippen LogP contribution in [0.25, 0.3) is 11.3 Å². The maximum absolute atomic E-state index is 13.2. The van der Waals surface area contributed by atoms with Crippen molar-refractivity contribution in [3.63, 3.8) is 0 Å². The fourth-order valence-corrected chi connectivity index (χ4v) is 3.94. The third-order valence-electron chi connectivity index (χ3n) is 5.43. The number of hydrogen-bond donors (Lipinski definition) is 1. The van der Waals surface area contributed by atoms with Gasteiger partial charge in [0.2, 0.25) is 5.91 Å². The van der Waals surface area contributed by atoms with Crippen molar-refractivity contribution in [1.29, 1.82) is 0 Å². The van der Waals surface area contributed by atoms with Crippen molar-refractivity contribution in [3.8, 4) is 11.3 Å². The molecular formula is C24H26FN3O2. The van der Waals surface area contributed by atoms with Crippen molar-refractivity contribution in [2.75, 3.05) is 6.54 Å². The molecule has 0 saturated carbocycles. The predicted molar refractivity (Wildman–Crippen MR) is 113 cm³/mol. The van der Waals surface area contributed by atoms with E-state index in [-0.39, 0.29) is 23.8 Å². The van der Waals surface area contributed by atoms with Crippen LogP contribution < -0.4 is 5.32 Å². The molecule has 1 amide bonds. The first-order chi connectivity index (χ1) is 14.5. The third kappa shape index (κ3) is 4.60. The molecular weight excluding hydrogens is 381 g/mol. The van der Waals surface area contributed by atoms with Crippen LogP contribution in [0, 0.1) is 11.7 Å². The molecule has 0 spiro atoms. The second-order valence-electron chi connectivity index (χ2n) is 8.24. The quantitative estimate of drug-likeness (QED) is 0.650. The standard InChI is InChI=1S/C24H26FN3O2/c1-16(2)12-22-24(29)26-21(17-6-4-3-5-7-17)15-28(22)14-20-13-23(30-27-20)18-8-10-19(25)11-9-18/h3-11,13,16,21-22H,12,14-15H2,1-2H3,(H,26,29)/t21-,22+/m1/s1. The normalized spacial score (nSPS) is 19.8. The van der Waals surface area contributed by atoms with Crippen LogP contribution in [-0.2, 0) is 11.3 Å². The lowest BCUT2D eigenvalue weighted by atomic mass is 9.95. The highest BCUT2D eigenvalue weighted by Crippen LogP contribution is 2.27. The summed E-state index contributed by atoms with van der Waals surface area (Å²) in [7, 11) is 0. The first-order valence-corrected chi connectivity index (χ1v) is 10.3. The highest BCUT2D eigenvalue weighted by atomic mass is 19.1. The number of hydrogen-bond acceptors (Lipinski definition) is 4. The Balaban J connectivity index is 1.55. The van der Waals surface area contributed by atoms with Crippen LogP contribution in [0.1, 0.15) is 37.6 Å². The van der Waals surface area contributed by atoms with Crippen molar-refractivity contribution in [2.24, 2.45) is 5.92 Å². The Bertz CT molecular complexity index is 985. The molecule has 0 radical (unpaired) electrons. The van der Waals surface area contributed by atoms with Crippen molar-refractivity contribution in [1.82, 2.24) is 15.4 Å². The van der Waals surface area contributed by atoms with Crippen LogP contribution in [0.3, 0.4) is 0 Å². The number of carbonyl (C=O) groups excluding carboxylic acids is 1. The Kier molecular flexibility index (Phi) is 5.95. The van der Waals surface area contributed by atoms with Gasteiger partial charge in [0.05, 0.1) is 17.8 Å². The molecule has 1 fully saturated rings. The lowest BCUT2D eigenvalue weighted by Crippen LogP contribution is -2.56. The molecule has 1 aliphatic rings. The van der Waals surface area contributed by atoms with Gasteiger partial charge in [0, 0.05) is 24.7 Å². The zero-order valence-corrected chi connectivity index (χ0v) is 17.2. The summed E-state index contributed by atoms with van der Waals surface area (Å²) in [4.78, 5) is 15.1. The molecule has 0 unspecified atom stereocenters. The minimum atomic E-state index is -0.290. The lowest BCUT2D eigenvalue weighted by Gasteiger charge is -2.40. The largest absolute Gasteiger partial charge is 0.356 e. The minimum absolute atomic E-state index is 0.0473. The molecule has 0 aliphatic carbocycles. The molecule has 1 aliphatic heterocycles. The van der Waals surface area contributed by atoms with E-state index in [1.54, 1.807) is 12.1 Å². The van der Waals surface area contributed by atoms with Crippen LogP contribution in [-0.4, -0.2) is 28.6 Å². The first kappa shape index (κ1) is 20.3. The summed E-state index contributed by atoms with van der Waals surface area (Å²) in [5, 5.41) is 7.38. The Morgan fingerprint density at radius 2 is 1.90 bits per heavy atom. The van der Waals surface area contributed by atoms with Crippen LogP contribution in [0.2, 0.25) is 0 Å². The van der Waals surface area contributed by atoms with Crippen LogP contribution in [0.5, 0.6) is 0 Å². The highest BCUT2D eigenvalue weighted by Gasteiger charge is 2.35. The number of nitrogens with one attached hydrogen (secondary N) is 1. The average molecular weight is 407 g/mol. The molecule has 1 aromatic heterocycles. The van der Waals surface area contributed by atoms with Gasteiger partial charge in [0.25, 0.3) is 0 Å². The number of rotatable bonds is 6. The molecule has 2 atom stereocenters. The minimum Gasteiger partial charge on any atom is -0.356 e. The molecule has 6 heteroatoms. The van der Waals surface area contributed by atoms with E-state index in [1.165, 1.54) is 12.1 Å². The van der Waals surface area contributed by atoms with Crippen molar-refractivity contribution in [2.45, 2.75) is 38.9 Å². The number of halogens is 1. The van der Waals surface area contributed by atoms with E-state index < -0.39 is 0 Å². The molecule has 2 heterocycles. The average Bonchev–Trinajstić information content (AvgIpc) is 3.20. The van der Waals surface area contributed by atoms with E-state index >= 15 is 0 Å². The first-order valence-electron chi connectivity index (χ1n) is 10.3. The SMILES string of the molecule is CC(C)C[C@H]1C(=O)N[C@@H](c2ccccc2)CN1Cc1cc(-c2ccc(F)cc2)on1. The fraction of sp³-hybridized carbons (Fsp3) is 0.333. The third-order valence-corrected chi connectivity index (χ3v) is 5.43. The van der Waals surface area contributed by atoms with Crippen molar-refractivity contribution < 1.29 is 13.7 Å². The number of nitrogens with zero attached hydrogens (tertiary/aromatic N) is 2. The van der Waals surface area contributed by atoms with Gasteiger partial charge in [-0.25, -0.2) is 4.39 Å². The van der Waals surface area contributed by atoms with E-state index in [9.17, 15) is 9.18 Å². The van der Waals surface area contributed by atoms with Gasteiger partial charge in [-0.1, -0.05) is 49.3 Å². The summed E-state index contributed by atoms with van der Waals surface area (Å²) in [5.74, 6) is 0.738. The Morgan fingerprint density at radius 3 is 2.60 bits per heavy atom. The maximum Gasteiger partial charge on any atom is 0.237 e. The van der Waals surface area contributed by atoms with Gasteiger partial charge >= 0.3 is 0 Å². The van der Waals surface area contributed by atoms with E-state index in [1.807, 2.05) is 36.4 Å². The smallest absolute Gasteiger partial charge is 0.237 e. The topological polar surface area (TPSA) is 58.4 Å². The van der Waals surface area contributed by atoms with Gasteiger partial charge in [0.15, 0.2) is 5.76 Å². The number of benzene rings is 2. The van der Waals surface area contributed by atoms with E-state index in [4.69, 9.17) is 4.52 Å². The highest BCUT2D eigenvalue weighted by molar-refractivity contribution is 5.83. The van der Waals surface area contributed by atoms with Crippen molar-refractivity contribution >= 4 is 5.91 Å². The van der Waals surface area contributed by atoms with Crippen LogP contribution >= 0.6 is 0 Å². The molecule has 5 nitrogen and oxygen atoms in total. The molecule has 4 rings (SSSR count). The van der Waals surface area contributed by atoms with Gasteiger partial charge in [0.1, 0.15) is 5.82 Å². The molecule has 0 bridgehead atoms. The monoisotopic (exact) mass is 407 g/mol. The summed E-state index contributed by atoms with van der Waals surface area (Å²) < 4.78 is 18.7. The van der Waals surface area contributed by atoms with E-state index in [0.717, 1.165) is 23.2 Å². The summed E-state index contributed by atoms with van der Waals surface area (Å²) in [6.07, 6.45) is 0.774. The zero-order chi connectivity index (χ0) is 21.1. The Morgan fingerprint density at radius 1 is 1.17 bits per heavy atom. The molecule has 2 aromatic carbocycles. The molecule has 1 saturated heterocycles. The number of aromatic nitrogens is 1. The van der Waals surface area contributed by atoms with Gasteiger partial charge in [-0.15, -0.1) is 0 Å². The number of piperazine rings is 1. The van der Waals surface area contributed by atoms with Crippen molar-refractivity contribution in [3.05, 3.63) is 77.7 Å². The van der Waals surface area contributed by atoms with Crippen LogP contribution in [0.4, 0.5) is 4.39 Å². The lowest BCUT2D eigenvalue weighted by molar-refractivity contribution is -0.132. The van der Waals surface area contributed by atoms with Gasteiger partial charge in [-0.3, -0.25) is 9.69 Å². The summed E-state index contributed by atoms with van der Waals surface area (Å²) in [6.45, 7) is 5.46. The van der Waals surface area contributed by atoms with Gasteiger partial charge < -0.3 is 9.84 Å². The Hall–Kier alpha value is -2.99. The van der Waals surface area contributed by atoms with E-state index in [0.29, 0.717) is 24.8 Å². The summed E-state index contributed by atoms with van der Waals surface area (Å²) >= 11 is 0. The predicted octanol–water partition coefficient (Wildman–Crippen LogP) is 4.57. The van der Waals surface area contributed by atoms with Crippen LogP contribution in [0.15, 0.2) is 65.2 Å². The summed E-state index contributed by atoms with van der Waals surface area (Å²) in [6, 6.07) is 17.7. The Labute approximate surface area is 175 Å². The zero-order valence-electron chi connectivity index (χ0n) is 17.2. The summed E-state index contributed by atoms with van der Waals surface area (Å²) in [5.41, 5.74) is 2.61. The second-order valence-corrected chi connectivity index (χ2v) is 8.24. The van der Waals surface area contributed by atoms with E-state index in [2.05, 4.69) is 29.2 Å². The van der Waals surface area contributed by atoms with Gasteiger partial charge in [-0.2, -0.15) is 0 Å². The number of carbonyl (C=O) groups is 1. The number of amides is 1. The molecule has 1 N–H and O–H groups in total. The molecule has 156 valence electrons. The maximum atomic E-state index is 13.2. The molecule has 3 aromatic rings. The molecule has 30 heavy (non-hydrogen) atoms.